The first-order valence-electron chi connectivity index (χ1n) is 6.05. The molecule has 1 atom stereocenters. The van der Waals surface area contributed by atoms with E-state index in [0.29, 0.717) is 12.0 Å². The number of likely N-dealkylation sites (N-methyl/N-ethyl adjacent to an activating group) is 1. The zero-order chi connectivity index (χ0) is 13.7. The number of ketones is 1. The average Bonchev–Trinajstić information content (AvgIpc) is 2.49. The minimum absolute atomic E-state index is 0.0820. The van der Waals surface area contributed by atoms with Gasteiger partial charge in [-0.05, 0) is 5.56 Å². The largest absolute Gasteiger partial charge is 0.334 e. The van der Waals surface area contributed by atoms with Gasteiger partial charge in [0.05, 0.1) is 0 Å². The summed E-state index contributed by atoms with van der Waals surface area (Å²) in [6, 6.07) is 17.7. The zero-order valence-electron chi connectivity index (χ0n) is 10.7. The maximum Gasteiger partial charge on any atom is 0.210 e. The summed E-state index contributed by atoms with van der Waals surface area (Å²) in [5, 5.41) is 0. The lowest BCUT2D eigenvalue weighted by Gasteiger charge is -2.23. The third kappa shape index (κ3) is 2.88. The van der Waals surface area contributed by atoms with E-state index in [1.54, 1.807) is 19.2 Å². The topological polar surface area (TPSA) is 37.4 Å². The van der Waals surface area contributed by atoms with Crippen molar-refractivity contribution in [2.45, 2.75) is 6.04 Å². The molecule has 3 heteroatoms. The molecule has 0 N–H and O–H groups in total. The molecule has 0 heterocycles. The molecular formula is C16H15NO2. The van der Waals surface area contributed by atoms with Gasteiger partial charge in [0.15, 0.2) is 5.78 Å². The molecule has 2 aromatic carbocycles. The van der Waals surface area contributed by atoms with Crippen LogP contribution in [0.1, 0.15) is 22.0 Å². The van der Waals surface area contributed by atoms with Crippen LogP contribution in [0.3, 0.4) is 0 Å². The predicted octanol–water partition coefficient (Wildman–Crippen LogP) is 2.70. The van der Waals surface area contributed by atoms with Crippen molar-refractivity contribution in [2.75, 3.05) is 7.05 Å². The lowest BCUT2D eigenvalue weighted by molar-refractivity contribution is -0.118. The molecule has 2 aromatic rings. The summed E-state index contributed by atoms with van der Waals surface area (Å²) in [4.78, 5) is 25.0. The minimum Gasteiger partial charge on any atom is -0.334 e. The van der Waals surface area contributed by atoms with Crippen LogP contribution in [-0.4, -0.2) is 24.1 Å². The van der Waals surface area contributed by atoms with Crippen LogP contribution >= 0.6 is 0 Å². The second kappa shape index (κ2) is 5.96. The molecule has 19 heavy (non-hydrogen) atoms. The summed E-state index contributed by atoms with van der Waals surface area (Å²) in [5.41, 5.74) is 1.41. The molecule has 0 radical (unpaired) electrons. The molecule has 0 fully saturated rings. The zero-order valence-corrected chi connectivity index (χ0v) is 10.7. The molecule has 1 unspecified atom stereocenters. The van der Waals surface area contributed by atoms with Crippen molar-refractivity contribution < 1.29 is 9.59 Å². The first-order valence-corrected chi connectivity index (χ1v) is 6.05. The molecule has 1 amide bonds. The van der Waals surface area contributed by atoms with E-state index in [-0.39, 0.29) is 5.78 Å². The Morgan fingerprint density at radius 1 is 1.00 bits per heavy atom. The van der Waals surface area contributed by atoms with E-state index < -0.39 is 6.04 Å². The predicted molar refractivity (Wildman–Crippen MR) is 73.8 cm³/mol. The van der Waals surface area contributed by atoms with E-state index in [9.17, 15) is 9.59 Å². The minimum atomic E-state index is -0.582. The van der Waals surface area contributed by atoms with Crippen LogP contribution in [-0.2, 0) is 4.79 Å². The van der Waals surface area contributed by atoms with Gasteiger partial charge in [-0.3, -0.25) is 9.59 Å². The second-order valence-electron chi connectivity index (χ2n) is 4.31. The van der Waals surface area contributed by atoms with Crippen molar-refractivity contribution in [3.8, 4) is 0 Å². The number of nitrogens with zero attached hydrogens (tertiary/aromatic N) is 1. The summed E-state index contributed by atoms with van der Waals surface area (Å²) in [5.74, 6) is -0.0820. The third-order valence-corrected chi connectivity index (χ3v) is 3.00. The fourth-order valence-electron chi connectivity index (χ4n) is 2.03. The van der Waals surface area contributed by atoms with Gasteiger partial charge < -0.3 is 4.90 Å². The molecule has 3 nitrogen and oxygen atoms in total. The van der Waals surface area contributed by atoms with Gasteiger partial charge in [-0.25, -0.2) is 0 Å². The first kappa shape index (κ1) is 13.0. The van der Waals surface area contributed by atoms with Crippen LogP contribution in [0.5, 0.6) is 0 Å². The summed E-state index contributed by atoms with van der Waals surface area (Å²) >= 11 is 0. The highest BCUT2D eigenvalue weighted by atomic mass is 16.1. The first-order chi connectivity index (χ1) is 9.24. The molecule has 96 valence electrons. The fraction of sp³-hybridized carbons (Fsp3) is 0.125. The van der Waals surface area contributed by atoms with Crippen LogP contribution in [0.4, 0.5) is 0 Å². The normalized spacial score (nSPS) is 11.6. The maximum absolute atomic E-state index is 12.5. The van der Waals surface area contributed by atoms with E-state index in [2.05, 4.69) is 0 Å². The van der Waals surface area contributed by atoms with Crippen molar-refractivity contribution >= 4 is 12.2 Å². The van der Waals surface area contributed by atoms with Crippen molar-refractivity contribution in [1.82, 2.24) is 4.90 Å². The molecule has 0 aliphatic heterocycles. The maximum atomic E-state index is 12.5. The van der Waals surface area contributed by atoms with E-state index in [1.165, 1.54) is 4.90 Å². The number of hydrogen-bond donors (Lipinski definition) is 0. The van der Waals surface area contributed by atoms with E-state index in [1.807, 2.05) is 48.5 Å². The smallest absolute Gasteiger partial charge is 0.210 e. The van der Waals surface area contributed by atoms with Gasteiger partial charge in [-0.1, -0.05) is 60.7 Å². The van der Waals surface area contributed by atoms with Gasteiger partial charge in [0.25, 0.3) is 0 Å². The van der Waals surface area contributed by atoms with Gasteiger partial charge in [-0.15, -0.1) is 0 Å². The molecule has 0 bridgehead atoms. The van der Waals surface area contributed by atoms with Crippen molar-refractivity contribution in [3.05, 3.63) is 71.8 Å². The number of carbonyl (C=O) groups is 2. The number of benzene rings is 2. The molecule has 0 aliphatic carbocycles. The van der Waals surface area contributed by atoms with Crippen molar-refractivity contribution in [2.24, 2.45) is 0 Å². The number of Topliss-reactive ketones (excluding diaryl/α,β-unsaturated/α-hetero) is 1. The number of carbonyl (C=O) groups excluding carboxylic acids is 2. The fourth-order valence-corrected chi connectivity index (χ4v) is 2.03. The number of amides is 1. The van der Waals surface area contributed by atoms with E-state index in [0.717, 1.165) is 5.56 Å². The highest BCUT2D eigenvalue weighted by Crippen LogP contribution is 2.22. The second-order valence-corrected chi connectivity index (χ2v) is 4.31. The summed E-state index contributed by atoms with van der Waals surface area (Å²) < 4.78 is 0. The Bertz CT molecular complexity index is 551. The van der Waals surface area contributed by atoms with E-state index >= 15 is 0 Å². The Hall–Kier alpha value is -2.42. The number of hydrogen-bond acceptors (Lipinski definition) is 2. The van der Waals surface area contributed by atoms with Gasteiger partial charge in [0.1, 0.15) is 6.04 Å². The monoisotopic (exact) mass is 253 g/mol. The molecule has 0 saturated heterocycles. The lowest BCUT2D eigenvalue weighted by Crippen LogP contribution is -2.30. The van der Waals surface area contributed by atoms with Crippen LogP contribution in [0, 0.1) is 0 Å². The van der Waals surface area contributed by atoms with Crippen LogP contribution in [0.25, 0.3) is 0 Å². The van der Waals surface area contributed by atoms with Crippen LogP contribution in [0.15, 0.2) is 60.7 Å². The molecule has 0 saturated carbocycles. The quantitative estimate of drug-likeness (QED) is 0.607. The van der Waals surface area contributed by atoms with Gasteiger partial charge in [-0.2, -0.15) is 0 Å². The molecule has 0 spiro atoms. The highest BCUT2D eigenvalue weighted by Gasteiger charge is 2.25. The SMILES string of the molecule is CN(C=O)C(C(=O)c1ccccc1)c1ccccc1. The lowest BCUT2D eigenvalue weighted by atomic mass is 9.96. The van der Waals surface area contributed by atoms with E-state index in [4.69, 9.17) is 0 Å². The van der Waals surface area contributed by atoms with Crippen molar-refractivity contribution in [3.63, 3.8) is 0 Å². The Morgan fingerprint density at radius 3 is 2.05 bits per heavy atom. The van der Waals surface area contributed by atoms with Gasteiger partial charge in [0.2, 0.25) is 6.41 Å². The van der Waals surface area contributed by atoms with Crippen LogP contribution in [0.2, 0.25) is 0 Å². The van der Waals surface area contributed by atoms with Crippen LogP contribution < -0.4 is 0 Å². The molecule has 2 rings (SSSR count). The average molecular weight is 253 g/mol. The number of rotatable bonds is 5. The Balaban J connectivity index is 2.39. The summed E-state index contributed by atoms with van der Waals surface area (Å²) in [7, 11) is 1.62. The highest BCUT2D eigenvalue weighted by molar-refractivity contribution is 6.01. The molecular weight excluding hydrogens is 238 g/mol. The van der Waals surface area contributed by atoms with Crippen molar-refractivity contribution in [1.29, 1.82) is 0 Å². The Labute approximate surface area is 112 Å². The standard InChI is InChI=1S/C16H15NO2/c1-17(12-18)15(13-8-4-2-5-9-13)16(19)14-10-6-3-7-11-14/h2-12,15H,1H3. The Morgan fingerprint density at radius 2 is 1.53 bits per heavy atom. The molecule has 0 aliphatic rings. The summed E-state index contributed by atoms with van der Waals surface area (Å²) in [6.45, 7) is 0. The molecule has 0 aromatic heterocycles. The van der Waals surface area contributed by atoms with Gasteiger partial charge >= 0.3 is 0 Å². The van der Waals surface area contributed by atoms with Gasteiger partial charge in [0, 0.05) is 12.6 Å². The Kier molecular flexibility index (Phi) is 4.08. The third-order valence-electron chi connectivity index (χ3n) is 3.00. The summed E-state index contributed by atoms with van der Waals surface area (Å²) in [6.07, 6.45) is 0.679.